The summed E-state index contributed by atoms with van der Waals surface area (Å²) in [6.07, 6.45) is 0. The van der Waals surface area contributed by atoms with E-state index in [1.165, 1.54) is 0 Å². The molecular formula is C15H18N2O2. The number of hydrogen-bond acceptors (Lipinski definition) is 2. The van der Waals surface area contributed by atoms with Crippen LogP contribution in [0.1, 0.15) is 27.3 Å². The Morgan fingerprint density at radius 1 is 1.16 bits per heavy atom. The molecule has 0 saturated carbocycles. The quantitative estimate of drug-likeness (QED) is 0.878. The van der Waals surface area contributed by atoms with Crippen LogP contribution >= 0.6 is 0 Å². The van der Waals surface area contributed by atoms with Crippen LogP contribution in [0.2, 0.25) is 0 Å². The number of amides is 1. The van der Waals surface area contributed by atoms with Crippen LogP contribution in [-0.4, -0.2) is 15.6 Å². The fourth-order valence-electron chi connectivity index (χ4n) is 1.88. The second-order valence-corrected chi connectivity index (χ2v) is 4.58. The summed E-state index contributed by atoms with van der Waals surface area (Å²) in [5, 5.41) is 11.8. The Morgan fingerprint density at radius 2 is 1.79 bits per heavy atom. The molecule has 1 amide bonds. The summed E-state index contributed by atoms with van der Waals surface area (Å²) < 4.78 is 1.87. The van der Waals surface area contributed by atoms with E-state index in [1.54, 1.807) is 0 Å². The minimum absolute atomic E-state index is 0.0370. The van der Waals surface area contributed by atoms with E-state index in [1.807, 2.05) is 54.9 Å². The van der Waals surface area contributed by atoms with Gasteiger partial charge in [-0.3, -0.25) is 4.79 Å². The van der Waals surface area contributed by atoms with Crippen molar-refractivity contribution in [1.82, 2.24) is 9.88 Å². The number of benzene rings is 1. The lowest BCUT2D eigenvalue weighted by molar-refractivity contribution is 0.0942. The maximum atomic E-state index is 12.0. The number of nitrogens with one attached hydrogen (secondary N) is 1. The van der Waals surface area contributed by atoms with Gasteiger partial charge in [-0.05, 0) is 30.2 Å². The Balaban J connectivity index is 1.98. The molecule has 1 aromatic heterocycles. The first kappa shape index (κ1) is 13.4. The van der Waals surface area contributed by atoms with Crippen LogP contribution in [0.25, 0.3) is 0 Å². The minimum atomic E-state index is -0.0816. The molecule has 0 radical (unpaired) electrons. The molecule has 100 valence electrons. The molecule has 0 fully saturated rings. The zero-order chi connectivity index (χ0) is 13.8. The molecule has 2 N–H and O–H groups in total. The molecule has 4 nitrogen and oxygen atoms in total. The first-order valence-corrected chi connectivity index (χ1v) is 6.21. The number of aliphatic hydroxyl groups is 1. The first-order chi connectivity index (χ1) is 9.11. The Labute approximate surface area is 112 Å². The molecule has 0 aliphatic carbocycles. The maximum Gasteiger partial charge on any atom is 0.268 e. The number of nitrogens with zero attached hydrogens (tertiary/aromatic N) is 1. The SMILES string of the molecule is Cc1ccc(C(=O)NCc2ccc(CO)cc2)n1C. The molecule has 1 aromatic carbocycles. The smallest absolute Gasteiger partial charge is 0.268 e. The molecule has 0 atom stereocenters. The number of rotatable bonds is 4. The Bertz CT molecular complexity index is 570. The summed E-state index contributed by atoms with van der Waals surface area (Å²) in [5.41, 5.74) is 3.59. The normalized spacial score (nSPS) is 10.5. The number of carbonyl (C=O) groups excluding carboxylic acids is 1. The molecule has 19 heavy (non-hydrogen) atoms. The standard InChI is InChI=1S/C15H18N2O2/c1-11-3-8-14(17(11)2)15(19)16-9-12-4-6-13(10-18)7-5-12/h3-8,18H,9-10H2,1-2H3,(H,16,19). The van der Waals surface area contributed by atoms with Crippen molar-refractivity contribution in [3.63, 3.8) is 0 Å². The topological polar surface area (TPSA) is 54.3 Å². The van der Waals surface area contributed by atoms with Gasteiger partial charge < -0.3 is 15.0 Å². The van der Waals surface area contributed by atoms with Gasteiger partial charge in [-0.15, -0.1) is 0 Å². The lowest BCUT2D eigenvalue weighted by Crippen LogP contribution is -2.25. The van der Waals surface area contributed by atoms with Gasteiger partial charge >= 0.3 is 0 Å². The van der Waals surface area contributed by atoms with E-state index in [4.69, 9.17) is 5.11 Å². The van der Waals surface area contributed by atoms with Crippen molar-refractivity contribution in [2.45, 2.75) is 20.1 Å². The average molecular weight is 258 g/mol. The van der Waals surface area contributed by atoms with Crippen LogP contribution in [0.3, 0.4) is 0 Å². The molecule has 0 aliphatic rings. The highest BCUT2D eigenvalue weighted by atomic mass is 16.3. The second kappa shape index (κ2) is 5.71. The summed E-state index contributed by atoms with van der Waals surface area (Å²) in [4.78, 5) is 12.0. The molecule has 0 spiro atoms. The average Bonchev–Trinajstić information content (AvgIpc) is 2.77. The predicted molar refractivity (Wildman–Crippen MR) is 73.7 cm³/mol. The van der Waals surface area contributed by atoms with Crippen LogP contribution < -0.4 is 5.32 Å². The van der Waals surface area contributed by atoms with E-state index in [9.17, 15) is 4.79 Å². The molecule has 2 rings (SSSR count). The fourth-order valence-corrected chi connectivity index (χ4v) is 1.88. The highest BCUT2D eigenvalue weighted by Crippen LogP contribution is 2.07. The van der Waals surface area contributed by atoms with Crippen LogP contribution in [0.5, 0.6) is 0 Å². The van der Waals surface area contributed by atoms with E-state index in [0.717, 1.165) is 16.8 Å². The molecule has 2 aromatic rings. The minimum Gasteiger partial charge on any atom is -0.392 e. The third-order valence-electron chi connectivity index (χ3n) is 3.26. The highest BCUT2D eigenvalue weighted by molar-refractivity contribution is 5.92. The molecule has 0 unspecified atom stereocenters. The monoisotopic (exact) mass is 258 g/mol. The van der Waals surface area contributed by atoms with E-state index in [-0.39, 0.29) is 12.5 Å². The third-order valence-corrected chi connectivity index (χ3v) is 3.26. The summed E-state index contributed by atoms with van der Waals surface area (Å²) >= 11 is 0. The van der Waals surface area contributed by atoms with Crippen molar-refractivity contribution in [3.05, 3.63) is 58.9 Å². The number of hydrogen-bond donors (Lipinski definition) is 2. The van der Waals surface area contributed by atoms with Gasteiger partial charge in [0.25, 0.3) is 5.91 Å². The zero-order valence-corrected chi connectivity index (χ0v) is 11.2. The van der Waals surface area contributed by atoms with Crippen molar-refractivity contribution in [2.24, 2.45) is 7.05 Å². The summed E-state index contributed by atoms with van der Waals surface area (Å²) in [6, 6.07) is 11.3. The van der Waals surface area contributed by atoms with Crippen LogP contribution in [0.4, 0.5) is 0 Å². The number of carbonyl (C=O) groups is 1. The van der Waals surface area contributed by atoms with Gasteiger partial charge in [-0.2, -0.15) is 0 Å². The summed E-state index contributed by atoms with van der Waals surface area (Å²) in [6.45, 7) is 2.48. The second-order valence-electron chi connectivity index (χ2n) is 4.58. The zero-order valence-electron chi connectivity index (χ0n) is 11.2. The van der Waals surface area contributed by atoms with Gasteiger partial charge in [0, 0.05) is 19.3 Å². The Kier molecular flexibility index (Phi) is 4.02. The van der Waals surface area contributed by atoms with Gasteiger partial charge in [-0.1, -0.05) is 24.3 Å². The van der Waals surface area contributed by atoms with E-state index in [2.05, 4.69) is 5.32 Å². The highest BCUT2D eigenvalue weighted by Gasteiger charge is 2.10. The molecule has 1 heterocycles. The lowest BCUT2D eigenvalue weighted by Gasteiger charge is -2.07. The molecule has 0 aliphatic heterocycles. The predicted octanol–water partition coefficient (Wildman–Crippen LogP) is 1.76. The number of aromatic nitrogens is 1. The Morgan fingerprint density at radius 3 is 2.32 bits per heavy atom. The van der Waals surface area contributed by atoms with E-state index < -0.39 is 0 Å². The summed E-state index contributed by atoms with van der Waals surface area (Å²) in [7, 11) is 1.88. The molecular weight excluding hydrogens is 240 g/mol. The largest absolute Gasteiger partial charge is 0.392 e. The van der Waals surface area contributed by atoms with Gasteiger partial charge in [0.05, 0.1) is 6.61 Å². The number of aryl methyl sites for hydroxylation is 1. The first-order valence-electron chi connectivity index (χ1n) is 6.21. The van der Waals surface area contributed by atoms with Crippen molar-refractivity contribution < 1.29 is 9.90 Å². The Hall–Kier alpha value is -2.07. The molecule has 0 saturated heterocycles. The third kappa shape index (κ3) is 3.03. The fraction of sp³-hybridized carbons (Fsp3) is 0.267. The van der Waals surface area contributed by atoms with Gasteiger partial charge in [0.15, 0.2) is 0 Å². The van der Waals surface area contributed by atoms with E-state index >= 15 is 0 Å². The van der Waals surface area contributed by atoms with Crippen LogP contribution in [-0.2, 0) is 20.2 Å². The van der Waals surface area contributed by atoms with Gasteiger partial charge in [-0.25, -0.2) is 0 Å². The number of aliphatic hydroxyl groups excluding tert-OH is 1. The van der Waals surface area contributed by atoms with Gasteiger partial charge in [0.2, 0.25) is 0 Å². The van der Waals surface area contributed by atoms with Crippen molar-refractivity contribution in [1.29, 1.82) is 0 Å². The van der Waals surface area contributed by atoms with Crippen molar-refractivity contribution >= 4 is 5.91 Å². The molecule has 4 heteroatoms. The van der Waals surface area contributed by atoms with Crippen LogP contribution in [0, 0.1) is 6.92 Å². The van der Waals surface area contributed by atoms with E-state index in [0.29, 0.717) is 12.2 Å². The van der Waals surface area contributed by atoms with Crippen LogP contribution in [0.15, 0.2) is 36.4 Å². The summed E-state index contributed by atoms with van der Waals surface area (Å²) in [5.74, 6) is -0.0816. The van der Waals surface area contributed by atoms with Crippen molar-refractivity contribution in [2.75, 3.05) is 0 Å². The molecule has 0 bridgehead atoms. The van der Waals surface area contributed by atoms with Crippen molar-refractivity contribution in [3.8, 4) is 0 Å². The maximum absolute atomic E-state index is 12.0. The lowest BCUT2D eigenvalue weighted by atomic mass is 10.1. The van der Waals surface area contributed by atoms with Gasteiger partial charge in [0.1, 0.15) is 5.69 Å².